The summed E-state index contributed by atoms with van der Waals surface area (Å²) in [5.74, 6) is 0.459. The number of nitrogens with one attached hydrogen (secondary N) is 1. The zero-order valence-electron chi connectivity index (χ0n) is 12.9. The van der Waals surface area contributed by atoms with Crippen molar-refractivity contribution in [1.29, 1.82) is 0 Å². The summed E-state index contributed by atoms with van der Waals surface area (Å²) in [6.45, 7) is 7.49. The van der Waals surface area contributed by atoms with Gasteiger partial charge in [0.2, 0.25) is 0 Å². The molecule has 0 spiro atoms. The summed E-state index contributed by atoms with van der Waals surface area (Å²) in [7, 11) is 0. The third-order valence-electron chi connectivity index (χ3n) is 2.09. The van der Waals surface area contributed by atoms with Gasteiger partial charge in [0, 0.05) is 6.08 Å². The van der Waals surface area contributed by atoms with E-state index in [0.29, 0.717) is 6.61 Å². The molecule has 0 aromatic heterocycles. The van der Waals surface area contributed by atoms with E-state index in [-0.39, 0.29) is 6.04 Å². The van der Waals surface area contributed by atoms with Crippen LogP contribution in [0.25, 0.3) is 0 Å². The first-order chi connectivity index (χ1) is 9.28. The average Bonchev–Trinajstić information content (AvgIpc) is 2.30. The van der Waals surface area contributed by atoms with Gasteiger partial charge in [0.25, 0.3) is 0 Å². The van der Waals surface area contributed by atoms with E-state index in [1.165, 1.54) is 6.08 Å². The first-order valence-corrected chi connectivity index (χ1v) is 8.01. The van der Waals surface area contributed by atoms with Crippen LogP contribution in [-0.4, -0.2) is 42.3 Å². The molecule has 0 bridgehead atoms. The van der Waals surface area contributed by atoms with Gasteiger partial charge >= 0.3 is 12.1 Å². The normalized spacial score (nSPS) is 13.1. The van der Waals surface area contributed by atoms with Crippen LogP contribution in [0, 0.1) is 0 Å². The Labute approximate surface area is 125 Å². The summed E-state index contributed by atoms with van der Waals surface area (Å²) in [6.07, 6.45) is 5.19. The van der Waals surface area contributed by atoms with E-state index in [0.717, 1.165) is 12.2 Å². The van der Waals surface area contributed by atoms with Crippen molar-refractivity contribution >= 4 is 23.8 Å². The lowest BCUT2D eigenvalue weighted by atomic mass is 10.2. The fourth-order valence-electron chi connectivity index (χ4n) is 1.31. The first kappa shape index (κ1) is 18.8. The zero-order chi connectivity index (χ0) is 15.6. The maximum atomic E-state index is 11.7. The van der Waals surface area contributed by atoms with Gasteiger partial charge in [0.15, 0.2) is 0 Å². The Morgan fingerprint density at radius 1 is 1.35 bits per heavy atom. The maximum Gasteiger partial charge on any atom is 0.408 e. The van der Waals surface area contributed by atoms with E-state index in [1.807, 2.05) is 6.26 Å². The number of carbonyl (C=O) groups excluding carboxylic acids is 2. The largest absolute Gasteiger partial charge is 0.463 e. The lowest BCUT2D eigenvalue weighted by Crippen LogP contribution is -2.38. The topological polar surface area (TPSA) is 64.6 Å². The monoisotopic (exact) mass is 303 g/mol. The van der Waals surface area contributed by atoms with E-state index in [4.69, 9.17) is 9.47 Å². The number of alkyl carbamates (subject to hydrolysis) is 1. The third-order valence-corrected chi connectivity index (χ3v) is 2.73. The highest BCUT2D eigenvalue weighted by Crippen LogP contribution is 2.08. The predicted molar refractivity (Wildman–Crippen MR) is 81.9 cm³/mol. The molecule has 0 unspecified atom stereocenters. The minimum absolute atomic E-state index is 0.248. The number of rotatable bonds is 7. The van der Waals surface area contributed by atoms with Gasteiger partial charge < -0.3 is 14.8 Å². The van der Waals surface area contributed by atoms with Crippen molar-refractivity contribution < 1.29 is 19.1 Å². The quantitative estimate of drug-likeness (QED) is 0.579. The molecule has 0 saturated carbocycles. The molecule has 0 aliphatic rings. The Morgan fingerprint density at radius 2 is 2.00 bits per heavy atom. The van der Waals surface area contributed by atoms with Gasteiger partial charge in [-0.1, -0.05) is 6.08 Å². The Balaban J connectivity index is 4.48. The summed E-state index contributed by atoms with van der Waals surface area (Å²) >= 11 is 1.67. The Morgan fingerprint density at radius 3 is 2.50 bits per heavy atom. The van der Waals surface area contributed by atoms with E-state index in [1.54, 1.807) is 45.5 Å². The van der Waals surface area contributed by atoms with E-state index in [2.05, 4.69) is 5.32 Å². The van der Waals surface area contributed by atoms with Crippen LogP contribution >= 0.6 is 11.8 Å². The van der Waals surface area contributed by atoms with Gasteiger partial charge in [-0.05, 0) is 46.1 Å². The molecule has 1 amide bonds. The standard InChI is InChI=1S/C14H25NO4S/c1-6-18-12(16)8-7-11(9-10-20-5)15-13(17)19-14(2,3)4/h7-8,11H,6,9-10H2,1-5H3,(H,15,17)/b8-7+/t11-/m1/s1. The fourth-order valence-corrected chi connectivity index (χ4v) is 1.79. The molecule has 6 heteroatoms. The number of esters is 1. The molecule has 0 rings (SSSR count). The highest BCUT2D eigenvalue weighted by atomic mass is 32.2. The SMILES string of the molecule is CCOC(=O)/C=C/[C@H](CCSC)NC(=O)OC(C)(C)C. The van der Waals surface area contributed by atoms with Gasteiger partial charge in [-0.2, -0.15) is 11.8 Å². The van der Waals surface area contributed by atoms with Crippen molar-refractivity contribution in [2.45, 2.75) is 45.8 Å². The average molecular weight is 303 g/mol. The third kappa shape index (κ3) is 10.7. The van der Waals surface area contributed by atoms with Crippen molar-refractivity contribution in [1.82, 2.24) is 5.32 Å². The molecule has 0 heterocycles. The van der Waals surface area contributed by atoms with Crippen LogP contribution in [-0.2, 0) is 14.3 Å². The molecule has 116 valence electrons. The van der Waals surface area contributed by atoms with Gasteiger partial charge in [-0.25, -0.2) is 9.59 Å². The lowest BCUT2D eigenvalue weighted by Gasteiger charge is -2.22. The molecule has 1 N–H and O–H groups in total. The molecular formula is C14H25NO4S. The summed E-state index contributed by atoms with van der Waals surface area (Å²) in [6, 6.07) is -0.248. The molecule has 0 aliphatic heterocycles. The van der Waals surface area contributed by atoms with Crippen LogP contribution in [0.5, 0.6) is 0 Å². The second kappa shape index (κ2) is 9.69. The van der Waals surface area contributed by atoms with Crippen LogP contribution in [0.4, 0.5) is 4.79 Å². The molecule has 0 radical (unpaired) electrons. The van der Waals surface area contributed by atoms with Crippen molar-refractivity contribution in [3.63, 3.8) is 0 Å². The van der Waals surface area contributed by atoms with E-state index in [9.17, 15) is 9.59 Å². The molecule has 0 fully saturated rings. The van der Waals surface area contributed by atoms with Crippen LogP contribution in [0.3, 0.4) is 0 Å². The smallest absolute Gasteiger partial charge is 0.408 e. The lowest BCUT2D eigenvalue weighted by molar-refractivity contribution is -0.137. The maximum absolute atomic E-state index is 11.7. The number of hydrogen-bond donors (Lipinski definition) is 1. The Bertz CT molecular complexity index is 337. The first-order valence-electron chi connectivity index (χ1n) is 6.62. The number of carbonyl (C=O) groups is 2. The summed E-state index contributed by atoms with van der Waals surface area (Å²) in [4.78, 5) is 23.0. The molecule has 0 aliphatic carbocycles. The number of thioether (sulfide) groups is 1. The summed E-state index contributed by atoms with van der Waals surface area (Å²) in [5, 5.41) is 2.74. The molecule has 0 saturated heterocycles. The Hall–Kier alpha value is -1.17. The van der Waals surface area contributed by atoms with E-state index >= 15 is 0 Å². The molecule has 20 heavy (non-hydrogen) atoms. The van der Waals surface area contributed by atoms with Crippen LogP contribution < -0.4 is 5.32 Å². The van der Waals surface area contributed by atoms with Crippen LogP contribution in [0.15, 0.2) is 12.2 Å². The molecular weight excluding hydrogens is 278 g/mol. The second-order valence-electron chi connectivity index (χ2n) is 5.15. The van der Waals surface area contributed by atoms with E-state index < -0.39 is 17.7 Å². The summed E-state index contributed by atoms with van der Waals surface area (Å²) < 4.78 is 10.0. The van der Waals surface area contributed by atoms with Crippen LogP contribution in [0.2, 0.25) is 0 Å². The molecule has 1 atom stereocenters. The minimum atomic E-state index is -0.543. The number of ether oxygens (including phenoxy) is 2. The van der Waals surface area contributed by atoms with Crippen molar-refractivity contribution in [3.05, 3.63) is 12.2 Å². The second-order valence-corrected chi connectivity index (χ2v) is 6.13. The van der Waals surface area contributed by atoms with Crippen molar-refractivity contribution in [2.75, 3.05) is 18.6 Å². The van der Waals surface area contributed by atoms with Gasteiger partial charge in [0.1, 0.15) is 5.60 Å². The predicted octanol–water partition coefficient (Wildman–Crippen LogP) is 2.75. The minimum Gasteiger partial charge on any atom is -0.463 e. The summed E-state index contributed by atoms with van der Waals surface area (Å²) in [5.41, 5.74) is -0.543. The van der Waals surface area contributed by atoms with Crippen molar-refractivity contribution in [2.24, 2.45) is 0 Å². The van der Waals surface area contributed by atoms with Crippen LogP contribution in [0.1, 0.15) is 34.1 Å². The molecule has 5 nitrogen and oxygen atoms in total. The van der Waals surface area contributed by atoms with Gasteiger partial charge in [0.05, 0.1) is 12.6 Å². The molecule has 0 aromatic rings. The highest BCUT2D eigenvalue weighted by molar-refractivity contribution is 7.98. The highest BCUT2D eigenvalue weighted by Gasteiger charge is 2.18. The Kier molecular flexibility index (Phi) is 9.12. The van der Waals surface area contributed by atoms with Gasteiger partial charge in [-0.15, -0.1) is 0 Å². The fraction of sp³-hybridized carbons (Fsp3) is 0.714. The molecule has 0 aromatic carbocycles. The van der Waals surface area contributed by atoms with Gasteiger partial charge in [-0.3, -0.25) is 0 Å². The number of amides is 1. The zero-order valence-corrected chi connectivity index (χ0v) is 13.7. The van der Waals surface area contributed by atoms with Crippen molar-refractivity contribution in [3.8, 4) is 0 Å². The number of hydrogen-bond acceptors (Lipinski definition) is 5.